The summed E-state index contributed by atoms with van der Waals surface area (Å²) in [6.07, 6.45) is 22.0. The number of imide groups is 1. The van der Waals surface area contributed by atoms with E-state index in [1.807, 2.05) is 0 Å². The number of allylic oxidation sites excluding steroid dienone is 2. The van der Waals surface area contributed by atoms with Crippen molar-refractivity contribution in [1.82, 2.24) is 4.90 Å². The van der Waals surface area contributed by atoms with E-state index in [4.69, 9.17) is 5.11 Å². The third-order valence-corrected chi connectivity index (χ3v) is 6.31. The van der Waals surface area contributed by atoms with Gasteiger partial charge in [0.1, 0.15) is 0 Å². The Morgan fingerprint density at radius 2 is 1.09 bits per heavy atom. The molecule has 0 saturated heterocycles. The van der Waals surface area contributed by atoms with E-state index in [9.17, 15) is 14.4 Å². The van der Waals surface area contributed by atoms with Crippen molar-refractivity contribution in [3.63, 3.8) is 0 Å². The van der Waals surface area contributed by atoms with Crippen LogP contribution in [0.4, 0.5) is 0 Å². The number of benzene rings is 1. The summed E-state index contributed by atoms with van der Waals surface area (Å²) < 4.78 is 0. The third-order valence-electron chi connectivity index (χ3n) is 6.31. The van der Waals surface area contributed by atoms with E-state index in [0.717, 1.165) is 38.5 Å². The predicted octanol–water partition coefficient (Wildman–Crippen LogP) is 7.17. The molecule has 2 rings (SSSR count). The lowest BCUT2D eigenvalue weighted by atomic mass is 10.1. The van der Waals surface area contributed by atoms with Crippen molar-refractivity contribution in [3.8, 4) is 0 Å². The molecule has 0 aliphatic carbocycles. The lowest BCUT2D eigenvalue weighted by Gasteiger charge is -2.13. The van der Waals surface area contributed by atoms with E-state index >= 15 is 0 Å². The Hall–Kier alpha value is -2.43. The molecule has 5 heteroatoms. The van der Waals surface area contributed by atoms with E-state index in [0.29, 0.717) is 24.1 Å². The van der Waals surface area contributed by atoms with E-state index in [1.54, 1.807) is 24.3 Å². The highest BCUT2D eigenvalue weighted by molar-refractivity contribution is 6.21. The first-order chi connectivity index (χ1) is 16.1. The summed E-state index contributed by atoms with van der Waals surface area (Å²) in [4.78, 5) is 36.5. The highest BCUT2D eigenvalue weighted by atomic mass is 16.4. The summed E-state index contributed by atoms with van der Waals surface area (Å²) in [6.45, 7) is 0.531. The minimum atomic E-state index is -0.685. The molecule has 0 unspecified atom stereocenters. The summed E-state index contributed by atoms with van der Waals surface area (Å²) in [6, 6.07) is 7.09. The number of hydrogen-bond donors (Lipinski definition) is 1. The fourth-order valence-electron chi connectivity index (χ4n) is 4.34. The molecule has 1 aliphatic heterocycles. The van der Waals surface area contributed by atoms with Gasteiger partial charge < -0.3 is 5.11 Å². The molecule has 1 aromatic carbocycles. The molecule has 5 nitrogen and oxygen atoms in total. The Labute approximate surface area is 199 Å². The predicted molar refractivity (Wildman–Crippen MR) is 132 cm³/mol. The number of amides is 2. The summed E-state index contributed by atoms with van der Waals surface area (Å²) in [5.74, 6) is -0.967. The molecule has 1 aliphatic rings. The van der Waals surface area contributed by atoms with Gasteiger partial charge in [-0.15, -0.1) is 0 Å². The second-order valence-electron chi connectivity index (χ2n) is 9.10. The molecule has 0 saturated carbocycles. The van der Waals surface area contributed by atoms with Crippen LogP contribution in [0.25, 0.3) is 0 Å². The maximum absolute atomic E-state index is 12.3. The van der Waals surface area contributed by atoms with Gasteiger partial charge in [0.25, 0.3) is 11.8 Å². The zero-order chi connectivity index (χ0) is 23.7. The van der Waals surface area contributed by atoms with Crippen molar-refractivity contribution in [2.45, 2.75) is 103 Å². The fourth-order valence-corrected chi connectivity index (χ4v) is 4.34. The standard InChI is InChI=1S/C28H41NO4/c30-26(31)22-16-14-12-10-8-6-4-2-1-3-5-7-9-11-13-15-19-23-29-27(32)24-20-17-18-21-25(24)28(29)33/h2,4,17-18,20-21H,1,3,5-16,19,22-23H2,(H,30,31). The van der Waals surface area contributed by atoms with Crippen LogP contribution in [0.15, 0.2) is 36.4 Å². The van der Waals surface area contributed by atoms with Gasteiger partial charge in [-0.1, -0.05) is 82.1 Å². The van der Waals surface area contributed by atoms with Crippen molar-refractivity contribution in [2.75, 3.05) is 6.54 Å². The van der Waals surface area contributed by atoms with Crippen molar-refractivity contribution < 1.29 is 19.5 Å². The summed E-state index contributed by atoms with van der Waals surface area (Å²) >= 11 is 0. The van der Waals surface area contributed by atoms with Crippen LogP contribution < -0.4 is 0 Å². The van der Waals surface area contributed by atoms with Crippen molar-refractivity contribution in [2.24, 2.45) is 0 Å². The van der Waals surface area contributed by atoms with Crippen LogP contribution in [-0.4, -0.2) is 34.3 Å². The molecule has 2 amide bonds. The zero-order valence-corrected chi connectivity index (χ0v) is 20.1. The number of aliphatic carboxylic acids is 1. The summed E-state index contributed by atoms with van der Waals surface area (Å²) in [5, 5.41) is 8.59. The van der Waals surface area contributed by atoms with Gasteiger partial charge in [-0.05, 0) is 50.7 Å². The van der Waals surface area contributed by atoms with Gasteiger partial charge in [0.05, 0.1) is 11.1 Å². The number of carbonyl (C=O) groups excluding carboxylic acids is 2. The minimum absolute atomic E-state index is 0.141. The Kier molecular flexibility index (Phi) is 13.2. The quantitative estimate of drug-likeness (QED) is 0.136. The Morgan fingerprint density at radius 1 is 0.667 bits per heavy atom. The van der Waals surface area contributed by atoms with Crippen LogP contribution in [0.1, 0.15) is 123 Å². The van der Waals surface area contributed by atoms with Gasteiger partial charge in [0.15, 0.2) is 0 Å². The number of carboxylic acid groups (broad SMARTS) is 1. The summed E-state index contributed by atoms with van der Waals surface area (Å²) in [7, 11) is 0. The fraction of sp³-hybridized carbons (Fsp3) is 0.607. The van der Waals surface area contributed by atoms with E-state index in [-0.39, 0.29) is 11.8 Å². The normalized spacial score (nSPS) is 13.3. The molecule has 1 heterocycles. The van der Waals surface area contributed by atoms with Crippen molar-refractivity contribution >= 4 is 17.8 Å². The summed E-state index contributed by atoms with van der Waals surface area (Å²) in [5.41, 5.74) is 1.09. The largest absolute Gasteiger partial charge is 0.481 e. The number of rotatable bonds is 19. The average Bonchev–Trinajstić information content (AvgIpc) is 3.05. The highest BCUT2D eigenvalue weighted by Gasteiger charge is 2.34. The second-order valence-corrected chi connectivity index (χ2v) is 9.10. The smallest absolute Gasteiger partial charge is 0.303 e. The van der Waals surface area contributed by atoms with Gasteiger partial charge in [-0.25, -0.2) is 0 Å². The van der Waals surface area contributed by atoms with Crippen molar-refractivity contribution in [1.29, 1.82) is 0 Å². The number of hydrogen-bond acceptors (Lipinski definition) is 3. The number of carboxylic acids is 1. The van der Waals surface area contributed by atoms with Crippen LogP contribution in [0.5, 0.6) is 0 Å². The van der Waals surface area contributed by atoms with Gasteiger partial charge >= 0.3 is 5.97 Å². The minimum Gasteiger partial charge on any atom is -0.481 e. The van der Waals surface area contributed by atoms with Gasteiger partial charge in [-0.2, -0.15) is 0 Å². The molecular weight excluding hydrogens is 414 g/mol. The Bertz CT molecular complexity index is 736. The first-order valence-corrected chi connectivity index (χ1v) is 12.9. The van der Waals surface area contributed by atoms with Gasteiger partial charge in [-0.3, -0.25) is 19.3 Å². The Morgan fingerprint density at radius 3 is 1.58 bits per heavy atom. The van der Waals surface area contributed by atoms with Crippen LogP contribution in [0.3, 0.4) is 0 Å². The number of unbranched alkanes of at least 4 members (excludes halogenated alkanes) is 13. The van der Waals surface area contributed by atoms with Gasteiger partial charge in [0, 0.05) is 13.0 Å². The molecular formula is C28H41NO4. The lowest BCUT2D eigenvalue weighted by molar-refractivity contribution is -0.137. The second kappa shape index (κ2) is 16.2. The third kappa shape index (κ3) is 10.4. The van der Waals surface area contributed by atoms with Crippen LogP contribution in [0, 0.1) is 0 Å². The molecule has 0 radical (unpaired) electrons. The monoisotopic (exact) mass is 455 g/mol. The average molecular weight is 456 g/mol. The Balaban J connectivity index is 1.34. The van der Waals surface area contributed by atoms with E-state index < -0.39 is 5.97 Å². The molecule has 0 aromatic heterocycles. The first kappa shape index (κ1) is 26.8. The topological polar surface area (TPSA) is 74.7 Å². The van der Waals surface area contributed by atoms with Crippen molar-refractivity contribution in [3.05, 3.63) is 47.5 Å². The molecule has 0 spiro atoms. The lowest BCUT2D eigenvalue weighted by Crippen LogP contribution is -2.30. The first-order valence-electron chi connectivity index (χ1n) is 12.9. The number of carbonyl (C=O) groups is 3. The number of fused-ring (bicyclic) bond motifs is 1. The maximum Gasteiger partial charge on any atom is 0.303 e. The molecule has 0 bridgehead atoms. The number of nitrogens with zero attached hydrogens (tertiary/aromatic N) is 1. The van der Waals surface area contributed by atoms with E-state index in [1.165, 1.54) is 62.7 Å². The van der Waals surface area contributed by atoms with E-state index in [2.05, 4.69) is 12.2 Å². The molecule has 0 fully saturated rings. The SMILES string of the molecule is O=C(O)CCCCCCCC=CCCCCCCCCCCN1C(=O)c2ccccc2C1=O. The molecule has 0 atom stereocenters. The molecule has 33 heavy (non-hydrogen) atoms. The van der Waals surface area contributed by atoms with Gasteiger partial charge in [0.2, 0.25) is 0 Å². The molecule has 182 valence electrons. The molecule has 1 aromatic rings. The van der Waals surface area contributed by atoms with Crippen LogP contribution in [-0.2, 0) is 4.79 Å². The maximum atomic E-state index is 12.3. The molecule has 1 N–H and O–H groups in total. The van der Waals surface area contributed by atoms with Crippen LogP contribution >= 0.6 is 0 Å². The van der Waals surface area contributed by atoms with Crippen LogP contribution in [0.2, 0.25) is 0 Å². The highest BCUT2D eigenvalue weighted by Crippen LogP contribution is 2.23. The zero-order valence-electron chi connectivity index (χ0n) is 20.1.